The number of hydrogen-bond acceptors (Lipinski definition) is 2. The minimum absolute atomic E-state index is 0.0280. The van der Waals surface area contributed by atoms with Crippen molar-refractivity contribution in [2.24, 2.45) is 5.92 Å². The van der Waals surface area contributed by atoms with E-state index >= 15 is 0 Å². The van der Waals surface area contributed by atoms with E-state index in [9.17, 15) is 9.59 Å². The van der Waals surface area contributed by atoms with Crippen LogP contribution in [-0.4, -0.2) is 35.0 Å². The number of amides is 1. The molecule has 1 unspecified atom stereocenters. The molecule has 1 aromatic rings. The molecule has 1 atom stereocenters. The number of piperidine rings is 1. The van der Waals surface area contributed by atoms with Gasteiger partial charge in [0.05, 0.1) is 12.0 Å². The van der Waals surface area contributed by atoms with E-state index in [0.29, 0.717) is 11.5 Å². The zero-order valence-corrected chi connectivity index (χ0v) is 11.1. The molecule has 0 saturated carbocycles. The van der Waals surface area contributed by atoms with Gasteiger partial charge in [-0.05, 0) is 30.4 Å². The molecular formula is C15H19NO3. The molecule has 1 amide bonds. The Hall–Kier alpha value is -1.84. The molecule has 1 heterocycles. The van der Waals surface area contributed by atoms with Crippen LogP contribution in [0.25, 0.3) is 0 Å². The molecule has 1 aliphatic heterocycles. The fraction of sp³-hybridized carbons (Fsp3) is 0.467. The van der Waals surface area contributed by atoms with E-state index in [0.717, 1.165) is 25.9 Å². The first-order valence-electron chi connectivity index (χ1n) is 6.67. The lowest BCUT2D eigenvalue weighted by atomic mass is 9.98. The van der Waals surface area contributed by atoms with Crippen molar-refractivity contribution in [3.63, 3.8) is 0 Å². The lowest BCUT2D eigenvalue weighted by molar-refractivity contribution is -0.132. The average Bonchev–Trinajstić information content (AvgIpc) is 2.39. The third-order valence-corrected chi connectivity index (χ3v) is 3.60. The van der Waals surface area contributed by atoms with Gasteiger partial charge in [0.15, 0.2) is 0 Å². The lowest BCUT2D eigenvalue weighted by Crippen LogP contribution is -2.40. The molecule has 1 aliphatic rings. The predicted molar refractivity (Wildman–Crippen MR) is 72.1 cm³/mol. The van der Waals surface area contributed by atoms with Crippen LogP contribution in [0.4, 0.5) is 0 Å². The second-order valence-corrected chi connectivity index (χ2v) is 5.23. The van der Waals surface area contributed by atoms with Gasteiger partial charge in [0.2, 0.25) is 5.91 Å². The highest BCUT2D eigenvalue weighted by atomic mass is 16.4. The topological polar surface area (TPSA) is 57.6 Å². The van der Waals surface area contributed by atoms with Crippen LogP contribution >= 0.6 is 0 Å². The fourth-order valence-corrected chi connectivity index (χ4v) is 2.57. The highest BCUT2D eigenvalue weighted by Gasteiger charge is 2.22. The minimum Gasteiger partial charge on any atom is -0.478 e. The number of benzene rings is 1. The molecule has 19 heavy (non-hydrogen) atoms. The molecule has 1 fully saturated rings. The molecule has 4 nitrogen and oxygen atoms in total. The van der Waals surface area contributed by atoms with Crippen molar-refractivity contribution in [1.82, 2.24) is 4.90 Å². The number of nitrogens with zero attached hydrogens (tertiary/aromatic N) is 1. The van der Waals surface area contributed by atoms with Crippen LogP contribution < -0.4 is 0 Å². The molecule has 0 aromatic heterocycles. The van der Waals surface area contributed by atoms with Crippen LogP contribution in [0.15, 0.2) is 24.3 Å². The Balaban J connectivity index is 2.08. The zero-order chi connectivity index (χ0) is 13.8. The summed E-state index contributed by atoms with van der Waals surface area (Å²) in [4.78, 5) is 25.2. The molecule has 0 radical (unpaired) electrons. The second kappa shape index (κ2) is 5.87. The maximum atomic E-state index is 12.2. The van der Waals surface area contributed by atoms with E-state index in [1.165, 1.54) is 0 Å². The van der Waals surface area contributed by atoms with E-state index in [-0.39, 0.29) is 17.9 Å². The van der Waals surface area contributed by atoms with Gasteiger partial charge in [0, 0.05) is 13.1 Å². The summed E-state index contributed by atoms with van der Waals surface area (Å²) in [5, 5.41) is 9.11. The number of hydrogen-bond donors (Lipinski definition) is 1. The molecule has 0 bridgehead atoms. The number of aromatic carboxylic acids is 1. The van der Waals surface area contributed by atoms with Gasteiger partial charge in [-0.25, -0.2) is 4.79 Å². The SMILES string of the molecule is CC1CCCN(C(=O)Cc2ccccc2C(=O)O)C1. The van der Waals surface area contributed by atoms with Crippen LogP contribution in [-0.2, 0) is 11.2 Å². The molecule has 1 N–H and O–H groups in total. The number of likely N-dealkylation sites (tertiary alicyclic amines) is 1. The maximum Gasteiger partial charge on any atom is 0.335 e. The summed E-state index contributed by atoms with van der Waals surface area (Å²) >= 11 is 0. The van der Waals surface area contributed by atoms with Gasteiger partial charge in [0.25, 0.3) is 0 Å². The quantitative estimate of drug-likeness (QED) is 0.907. The standard InChI is InChI=1S/C15H19NO3/c1-11-5-4-8-16(10-11)14(17)9-12-6-2-3-7-13(12)15(18)19/h2-3,6-7,11H,4-5,8-10H2,1H3,(H,18,19). The highest BCUT2D eigenvalue weighted by Crippen LogP contribution is 2.17. The smallest absolute Gasteiger partial charge is 0.335 e. The summed E-state index contributed by atoms with van der Waals surface area (Å²) < 4.78 is 0. The first-order valence-corrected chi connectivity index (χ1v) is 6.67. The summed E-state index contributed by atoms with van der Waals surface area (Å²) in [6.45, 7) is 3.72. The molecular weight excluding hydrogens is 242 g/mol. The van der Waals surface area contributed by atoms with Crippen molar-refractivity contribution < 1.29 is 14.7 Å². The number of carboxylic acid groups (broad SMARTS) is 1. The van der Waals surface area contributed by atoms with Crippen molar-refractivity contribution in [3.05, 3.63) is 35.4 Å². The summed E-state index contributed by atoms with van der Waals surface area (Å²) in [5.74, 6) is -0.414. The lowest BCUT2D eigenvalue weighted by Gasteiger charge is -2.31. The van der Waals surface area contributed by atoms with Crippen LogP contribution in [0.3, 0.4) is 0 Å². The number of carbonyl (C=O) groups excluding carboxylic acids is 1. The van der Waals surface area contributed by atoms with Gasteiger partial charge in [-0.1, -0.05) is 25.1 Å². The summed E-state index contributed by atoms with van der Waals surface area (Å²) in [6, 6.07) is 6.72. The largest absolute Gasteiger partial charge is 0.478 e. The first-order chi connectivity index (χ1) is 9.08. The highest BCUT2D eigenvalue weighted by molar-refractivity contribution is 5.91. The van der Waals surface area contributed by atoms with Crippen molar-refractivity contribution in [1.29, 1.82) is 0 Å². The Bertz CT molecular complexity index is 484. The van der Waals surface area contributed by atoms with Crippen LogP contribution in [0.1, 0.15) is 35.7 Å². The molecule has 0 spiro atoms. The second-order valence-electron chi connectivity index (χ2n) is 5.23. The van der Waals surface area contributed by atoms with E-state index in [4.69, 9.17) is 5.11 Å². The predicted octanol–water partition coefficient (Wildman–Crippen LogP) is 2.19. The molecule has 2 rings (SSSR count). The van der Waals surface area contributed by atoms with Gasteiger partial charge in [-0.15, -0.1) is 0 Å². The first kappa shape index (κ1) is 13.6. The van der Waals surface area contributed by atoms with Crippen LogP contribution in [0.2, 0.25) is 0 Å². The van der Waals surface area contributed by atoms with Crippen molar-refractivity contribution in [2.45, 2.75) is 26.2 Å². The van der Waals surface area contributed by atoms with Gasteiger partial charge in [0.1, 0.15) is 0 Å². The van der Waals surface area contributed by atoms with Gasteiger partial charge >= 0.3 is 5.97 Å². The molecule has 1 aromatic carbocycles. The minimum atomic E-state index is -0.976. The Labute approximate surface area is 113 Å². The molecule has 0 aliphatic carbocycles. The number of carbonyl (C=O) groups is 2. The van der Waals surface area contributed by atoms with Gasteiger partial charge < -0.3 is 10.0 Å². The maximum absolute atomic E-state index is 12.2. The van der Waals surface area contributed by atoms with E-state index in [1.54, 1.807) is 24.3 Å². The third kappa shape index (κ3) is 3.34. The average molecular weight is 261 g/mol. The van der Waals surface area contributed by atoms with Gasteiger partial charge in [-0.2, -0.15) is 0 Å². The molecule has 102 valence electrons. The summed E-state index contributed by atoms with van der Waals surface area (Å²) in [5.41, 5.74) is 0.819. The zero-order valence-electron chi connectivity index (χ0n) is 11.1. The van der Waals surface area contributed by atoms with Crippen LogP contribution in [0.5, 0.6) is 0 Å². The molecule has 4 heteroatoms. The Morgan fingerprint density at radius 2 is 2.11 bits per heavy atom. The fourth-order valence-electron chi connectivity index (χ4n) is 2.57. The van der Waals surface area contributed by atoms with Gasteiger partial charge in [-0.3, -0.25) is 4.79 Å². The monoisotopic (exact) mass is 261 g/mol. The van der Waals surface area contributed by atoms with E-state index in [1.807, 2.05) is 4.90 Å². The van der Waals surface area contributed by atoms with E-state index in [2.05, 4.69) is 6.92 Å². The number of carboxylic acids is 1. The Morgan fingerprint density at radius 1 is 1.37 bits per heavy atom. The summed E-state index contributed by atoms with van der Waals surface area (Å²) in [7, 11) is 0. The van der Waals surface area contributed by atoms with Crippen molar-refractivity contribution in [3.8, 4) is 0 Å². The Morgan fingerprint density at radius 3 is 2.79 bits per heavy atom. The number of rotatable bonds is 3. The van der Waals surface area contributed by atoms with E-state index < -0.39 is 5.97 Å². The third-order valence-electron chi connectivity index (χ3n) is 3.60. The summed E-state index contributed by atoms with van der Waals surface area (Å²) in [6.07, 6.45) is 2.37. The normalized spacial score (nSPS) is 19.2. The van der Waals surface area contributed by atoms with Crippen LogP contribution in [0, 0.1) is 5.92 Å². The van der Waals surface area contributed by atoms with Crippen molar-refractivity contribution >= 4 is 11.9 Å². The van der Waals surface area contributed by atoms with Crippen molar-refractivity contribution in [2.75, 3.05) is 13.1 Å². The Kier molecular flexibility index (Phi) is 4.20. The molecule has 1 saturated heterocycles.